The molecule has 1 heterocycles. The minimum absolute atomic E-state index is 0.0829. The summed E-state index contributed by atoms with van der Waals surface area (Å²) >= 11 is 1.07. The number of aromatic nitrogens is 2. The molecule has 2 aromatic rings. The number of nitrogens with one attached hydrogen (secondary N) is 1. The summed E-state index contributed by atoms with van der Waals surface area (Å²) in [6.07, 6.45) is 5.16. The molecule has 1 aromatic carbocycles. The number of amides is 2. The molecular weight excluding hydrogens is 395 g/mol. The molecule has 0 aliphatic heterocycles. The van der Waals surface area contributed by atoms with E-state index in [2.05, 4.69) is 14.9 Å². The van der Waals surface area contributed by atoms with Crippen LogP contribution in [0.2, 0.25) is 0 Å². The van der Waals surface area contributed by atoms with E-state index in [1.807, 2.05) is 0 Å². The van der Waals surface area contributed by atoms with E-state index in [4.69, 9.17) is 4.74 Å². The average molecular weight is 421 g/mol. The van der Waals surface area contributed by atoms with Gasteiger partial charge in [0.1, 0.15) is 11.9 Å². The summed E-state index contributed by atoms with van der Waals surface area (Å²) in [6, 6.07) is 4.82. The lowest BCUT2D eigenvalue weighted by molar-refractivity contribution is -0.127. The van der Waals surface area contributed by atoms with E-state index in [9.17, 15) is 14.0 Å². The average Bonchev–Trinajstić information content (AvgIpc) is 3.27. The van der Waals surface area contributed by atoms with Crippen LogP contribution in [0.25, 0.3) is 0 Å². The summed E-state index contributed by atoms with van der Waals surface area (Å²) in [7, 11) is 1.53. The normalized spacial score (nSPS) is 15.7. The predicted octanol–water partition coefficient (Wildman–Crippen LogP) is 2.96. The van der Waals surface area contributed by atoms with Crippen molar-refractivity contribution < 1.29 is 18.7 Å². The van der Waals surface area contributed by atoms with Crippen LogP contribution >= 0.6 is 11.5 Å². The fourth-order valence-corrected chi connectivity index (χ4v) is 4.02. The third-order valence-electron chi connectivity index (χ3n) is 5.07. The number of rotatable bonds is 8. The molecule has 2 amide bonds. The number of benzene rings is 1. The van der Waals surface area contributed by atoms with Crippen LogP contribution in [0.1, 0.15) is 54.2 Å². The molecule has 0 bridgehead atoms. The Bertz CT molecular complexity index is 795. The van der Waals surface area contributed by atoms with Crippen molar-refractivity contribution in [3.63, 3.8) is 0 Å². The molecule has 1 saturated carbocycles. The summed E-state index contributed by atoms with van der Waals surface area (Å²) in [5, 5.41) is 8.49. The summed E-state index contributed by atoms with van der Waals surface area (Å²) in [6.45, 7) is 0.435. The van der Waals surface area contributed by atoms with Crippen molar-refractivity contribution in [2.45, 2.75) is 44.2 Å². The van der Waals surface area contributed by atoms with Gasteiger partial charge in [-0.15, -0.1) is 5.10 Å². The Morgan fingerprint density at radius 1 is 1.28 bits per heavy atom. The van der Waals surface area contributed by atoms with Crippen LogP contribution in [0.3, 0.4) is 0 Å². The molecule has 156 valence electrons. The highest BCUT2D eigenvalue weighted by molar-refractivity contribution is 7.03. The number of halogens is 1. The van der Waals surface area contributed by atoms with Gasteiger partial charge >= 0.3 is 0 Å². The molecule has 1 aromatic heterocycles. The van der Waals surface area contributed by atoms with E-state index >= 15 is 0 Å². The van der Waals surface area contributed by atoms with Gasteiger partial charge in [-0.3, -0.25) is 9.59 Å². The van der Waals surface area contributed by atoms with Gasteiger partial charge in [-0.2, -0.15) is 0 Å². The maximum absolute atomic E-state index is 13.5. The number of carbonyl (C=O) groups is 2. The lowest BCUT2D eigenvalue weighted by Crippen LogP contribution is -2.48. The van der Waals surface area contributed by atoms with Crippen LogP contribution in [0, 0.1) is 5.82 Å². The quantitative estimate of drug-likeness (QED) is 0.710. The van der Waals surface area contributed by atoms with Gasteiger partial charge in [0.05, 0.1) is 6.61 Å². The van der Waals surface area contributed by atoms with E-state index in [-0.39, 0.29) is 30.8 Å². The first kappa shape index (κ1) is 21.3. The smallest absolute Gasteiger partial charge is 0.276 e. The van der Waals surface area contributed by atoms with Crippen molar-refractivity contribution in [2.24, 2.45) is 0 Å². The molecule has 1 atom stereocenters. The lowest BCUT2D eigenvalue weighted by atomic mass is 9.94. The van der Waals surface area contributed by atoms with Crippen LogP contribution in [-0.2, 0) is 9.53 Å². The molecule has 0 spiro atoms. The molecule has 1 N–H and O–H groups in total. The largest absolute Gasteiger partial charge is 0.383 e. The number of hydrogen-bond donors (Lipinski definition) is 1. The maximum atomic E-state index is 13.5. The van der Waals surface area contributed by atoms with E-state index in [0.717, 1.165) is 37.2 Å². The van der Waals surface area contributed by atoms with E-state index in [1.54, 1.807) is 5.38 Å². The van der Waals surface area contributed by atoms with Crippen LogP contribution in [0.4, 0.5) is 4.39 Å². The van der Waals surface area contributed by atoms with Gasteiger partial charge in [0.2, 0.25) is 5.91 Å². The van der Waals surface area contributed by atoms with Gasteiger partial charge in [0.25, 0.3) is 5.91 Å². The van der Waals surface area contributed by atoms with Crippen molar-refractivity contribution in [3.8, 4) is 0 Å². The van der Waals surface area contributed by atoms with Gasteiger partial charge in [0, 0.05) is 25.1 Å². The van der Waals surface area contributed by atoms with Crippen LogP contribution in [-0.4, -0.2) is 52.6 Å². The van der Waals surface area contributed by atoms with Crippen molar-refractivity contribution in [1.82, 2.24) is 19.8 Å². The molecule has 0 radical (unpaired) electrons. The first-order valence-corrected chi connectivity index (χ1v) is 10.6. The van der Waals surface area contributed by atoms with Crippen molar-refractivity contribution >= 4 is 23.3 Å². The first-order chi connectivity index (χ1) is 14.1. The summed E-state index contributed by atoms with van der Waals surface area (Å²) in [5.41, 5.74) is 0.705. The Kier molecular flexibility index (Phi) is 7.65. The molecular formula is C20H25FN4O3S. The number of carbonyl (C=O) groups excluding carboxylic acids is 2. The fourth-order valence-electron chi connectivity index (χ4n) is 3.59. The van der Waals surface area contributed by atoms with Crippen LogP contribution in [0.5, 0.6) is 0 Å². The predicted molar refractivity (Wildman–Crippen MR) is 107 cm³/mol. The third-order valence-corrected chi connectivity index (χ3v) is 5.58. The highest BCUT2D eigenvalue weighted by Crippen LogP contribution is 2.25. The van der Waals surface area contributed by atoms with Gasteiger partial charge in [-0.05, 0) is 42.1 Å². The Morgan fingerprint density at radius 3 is 2.62 bits per heavy atom. The van der Waals surface area contributed by atoms with Crippen molar-refractivity contribution in [1.29, 1.82) is 0 Å². The van der Waals surface area contributed by atoms with Gasteiger partial charge in [-0.25, -0.2) is 4.39 Å². The second-order valence-corrected chi connectivity index (χ2v) is 7.69. The number of ether oxygens (including phenoxy) is 1. The Morgan fingerprint density at radius 2 is 2.00 bits per heavy atom. The first-order valence-electron chi connectivity index (χ1n) is 9.73. The summed E-state index contributed by atoms with van der Waals surface area (Å²) in [5.74, 6) is -1.10. The van der Waals surface area contributed by atoms with E-state index < -0.39 is 17.8 Å². The standard InChI is InChI=1S/C20H25FN4O3S/c1-28-12-11-25(20(27)17-13-29-24-23-17)18(14-7-9-15(21)10-8-14)19(26)22-16-5-3-2-4-6-16/h7-10,13,16,18H,2-6,11-12H2,1H3,(H,22,26)/t18-/m0/s1. The van der Waals surface area contributed by atoms with Gasteiger partial charge in [-0.1, -0.05) is 35.9 Å². The molecule has 29 heavy (non-hydrogen) atoms. The molecule has 7 nitrogen and oxygen atoms in total. The molecule has 1 fully saturated rings. The topological polar surface area (TPSA) is 84.4 Å². The summed E-state index contributed by atoms with van der Waals surface area (Å²) in [4.78, 5) is 27.8. The highest BCUT2D eigenvalue weighted by Gasteiger charge is 2.34. The second-order valence-electron chi connectivity index (χ2n) is 7.08. The number of hydrogen-bond acceptors (Lipinski definition) is 6. The van der Waals surface area contributed by atoms with E-state index in [1.165, 1.54) is 42.7 Å². The third kappa shape index (κ3) is 5.57. The van der Waals surface area contributed by atoms with Crippen LogP contribution < -0.4 is 5.32 Å². The maximum Gasteiger partial charge on any atom is 0.276 e. The Balaban J connectivity index is 1.92. The minimum Gasteiger partial charge on any atom is -0.383 e. The van der Waals surface area contributed by atoms with E-state index in [0.29, 0.717) is 5.56 Å². The Hall–Kier alpha value is -2.39. The fraction of sp³-hybridized carbons (Fsp3) is 0.500. The zero-order valence-electron chi connectivity index (χ0n) is 16.3. The number of methoxy groups -OCH3 is 1. The Labute approximate surface area is 173 Å². The monoisotopic (exact) mass is 420 g/mol. The zero-order chi connectivity index (χ0) is 20.6. The van der Waals surface area contributed by atoms with Gasteiger partial charge < -0.3 is 15.0 Å². The molecule has 1 aliphatic carbocycles. The number of nitrogens with zero attached hydrogens (tertiary/aromatic N) is 3. The van der Waals surface area contributed by atoms with Gasteiger partial charge in [0.15, 0.2) is 5.69 Å². The lowest BCUT2D eigenvalue weighted by Gasteiger charge is -2.32. The molecule has 1 aliphatic rings. The van der Waals surface area contributed by atoms with Crippen molar-refractivity contribution in [3.05, 3.63) is 46.7 Å². The zero-order valence-corrected chi connectivity index (χ0v) is 17.2. The molecule has 0 saturated heterocycles. The minimum atomic E-state index is -0.915. The molecule has 9 heteroatoms. The SMILES string of the molecule is COCCN(C(=O)c1csnn1)[C@H](C(=O)NC1CCCCC1)c1ccc(F)cc1. The second kappa shape index (κ2) is 10.4. The molecule has 0 unspecified atom stereocenters. The van der Waals surface area contributed by atoms with Crippen LogP contribution in [0.15, 0.2) is 29.6 Å². The summed E-state index contributed by atoms with van der Waals surface area (Å²) < 4.78 is 22.4. The molecule has 3 rings (SSSR count). The van der Waals surface area contributed by atoms with Crippen molar-refractivity contribution in [2.75, 3.05) is 20.3 Å². The highest BCUT2D eigenvalue weighted by atomic mass is 32.1.